The van der Waals surface area contributed by atoms with Crippen molar-refractivity contribution >= 4 is 17.2 Å². The minimum atomic E-state index is 0.661. The van der Waals surface area contributed by atoms with Crippen LogP contribution in [0.1, 0.15) is 0 Å². The molecule has 0 radical (unpaired) electrons. The van der Waals surface area contributed by atoms with Crippen molar-refractivity contribution in [1.29, 1.82) is 0 Å². The van der Waals surface area contributed by atoms with Gasteiger partial charge in [0.05, 0.1) is 7.11 Å². The molecule has 0 amide bonds. The first-order chi connectivity index (χ1) is 10.3. The van der Waals surface area contributed by atoms with E-state index in [0.29, 0.717) is 5.88 Å². The van der Waals surface area contributed by atoms with Crippen LogP contribution < -0.4 is 20.3 Å². The lowest BCUT2D eigenvalue weighted by atomic mass is 10.2. The Bertz CT molecular complexity index is 591. The van der Waals surface area contributed by atoms with Crippen LogP contribution in [0.5, 0.6) is 5.88 Å². The smallest absolute Gasteiger partial charge is 0.214 e. The predicted octanol–water partition coefficient (Wildman–Crippen LogP) is 2.00. The lowest BCUT2D eigenvalue weighted by molar-refractivity contribution is 0.397. The third-order valence-electron chi connectivity index (χ3n) is 3.78. The second kappa shape index (κ2) is 5.91. The fourth-order valence-corrected chi connectivity index (χ4v) is 2.57. The van der Waals surface area contributed by atoms with Crippen LogP contribution in [-0.2, 0) is 0 Å². The van der Waals surface area contributed by atoms with Gasteiger partial charge in [-0.2, -0.15) is 4.98 Å². The number of benzene rings is 1. The van der Waals surface area contributed by atoms with E-state index in [1.807, 2.05) is 30.3 Å². The highest BCUT2D eigenvalue weighted by Crippen LogP contribution is 2.21. The quantitative estimate of drug-likeness (QED) is 0.874. The minimum absolute atomic E-state index is 0.661. The van der Waals surface area contributed by atoms with Gasteiger partial charge >= 0.3 is 0 Å². The Morgan fingerprint density at radius 2 is 1.62 bits per heavy atom. The number of nitrogen functional groups attached to an aromatic ring is 1. The van der Waals surface area contributed by atoms with Crippen molar-refractivity contribution in [3.8, 4) is 5.88 Å². The number of pyridine rings is 1. The summed E-state index contributed by atoms with van der Waals surface area (Å²) in [6.45, 7) is 3.85. The summed E-state index contributed by atoms with van der Waals surface area (Å²) in [5.41, 5.74) is 7.76. The average molecular weight is 284 g/mol. The molecule has 3 rings (SSSR count). The number of methoxy groups -OCH3 is 1. The highest BCUT2D eigenvalue weighted by atomic mass is 16.5. The van der Waals surface area contributed by atoms with E-state index < -0.39 is 0 Å². The van der Waals surface area contributed by atoms with Crippen molar-refractivity contribution in [2.45, 2.75) is 0 Å². The SMILES string of the molecule is COc1cccc(N2CCN(c3ccc(N)cc3)CC2)n1. The molecule has 21 heavy (non-hydrogen) atoms. The summed E-state index contributed by atoms with van der Waals surface area (Å²) >= 11 is 0. The van der Waals surface area contributed by atoms with Crippen LogP contribution in [0.2, 0.25) is 0 Å². The number of hydrogen-bond donors (Lipinski definition) is 1. The van der Waals surface area contributed by atoms with Crippen molar-refractivity contribution in [1.82, 2.24) is 4.98 Å². The number of rotatable bonds is 3. The monoisotopic (exact) mass is 284 g/mol. The third-order valence-corrected chi connectivity index (χ3v) is 3.78. The molecule has 0 spiro atoms. The first-order valence-electron chi connectivity index (χ1n) is 7.13. The Morgan fingerprint density at radius 1 is 0.952 bits per heavy atom. The van der Waals surface area contributed by atoms with E-state index in [4.69, 9.17) is 10.5 Å². The Hall–Kier alpha value is -2.43. The largest absolute Gasteiger partial charge is 0.481 e. The molecule has 1 saturated heterocycles. The van der Waals surface area contributed by atoms with E-state index in [2.05, 4.69) is 26.9 Å². The highest BCUT2D eigenvalue weighted by molar-refractivity contribution is 5.54. The lowest BCUT2D eigenvalue weighted by Crippen LogP contribution is -2.46. The Labute approximate surface area is 125 Å². The summed E-state index contributed by atoms with van der Waals surface area (Å²) in [4.78, 5) is 9.15. The fraction of sp³-hybridized carbons (Fsp3) is 0.312. The van der Waals surface area contributed by atoms with Crippen molar-refractivity contribution < 1.29 is 4.74 Å². The number of ether oxygens (including phenoxy) is 1. The maximum absolute atomic E-state index is 5.73. The van der Waals surface area contributed by atoms with Gasteiger partial charge in [0.1, 0.15) is 5.82 Å². The molecule has 0 aliphatic carbocycles. The second-order valence-corrected chi connectivity index (χ2v) is 5.10. The second-order valence-electron chi connectivity index (χ2n) is 5.10. The van der Waals surface area contributed by atoms with Gasteiger partial charge in [-0.25, -0.2) is 0 Å². The summed E-state index contributed by atoms with van der Waals surface area (Å²) in [7, 11) is 1.64. The number of nitrogens with two attached hydrogens (primary N) is 1. The molecular formula is C16H20N4O. The van der Waals surface area contributed by atoms with Crippen molar-refractivity contribution in [3.05, 3.63) is 42.5 Å². The van der Waals surface area contributed by atoms with Crippen molar-refractivity contribution in [2.24, 2.45) is 0 Å². The zero-order valence-corrected chi connectivity index (χ0v) is 12.2. The first kappa shape index (κ1) is 13.5. The van der Waals surface area contributed by atoms with Crippen molar-refractivity contribution in [3.63, 3.8) is 0 Å². The molecule has 0 unspecified atom stereocenters. The van der Waals surface area contributed by atoms with Crippen LogP contribution in [0, 0.1) is 0 Å². The Morgan fingerprint density at radius 3 is 2.29 bits per heavy atom. The first-order valence-corrected chi connectivity index (χ1v) is 7.13. The molecule has 0 saturated carbocycles. The number of hydrogen-bond acceptors (Lipinski definition) is 5. The molecule has 2 heterocycles. The van der Waals surface area contributed by atoms with E-state index in [1.54, 1.807) is 7.11 Å². The normalized spacial score (nSPS) is 15.1. The molecule has 1 aromatic carbocycles. The highest BCUT2D eigenvalue weighted by Gasteiger charge is 2.18. The van der Waals surface area contributed by atoms with Gasteiger partial charge in [-0.15, -0.1) is 0 Å². The van der Waals surface area contributed by atoms with Crippen LogP contribution in [0.15, 0.2) is 42.5 Å². The van der Waals surface area contributed by atoms with E-state index >= 15 is 0 Å². The topological polar surface area (TPSA) is 54.6 Å². The van der Waals surface area contributed by atoms with Gasteiger partial charge in [0, 0.05) is 43.6 Å². The molecule has 0 bridgehead atoms. The maximum Gasteiger partial charge on any atom is 0.214 e. The van der Waals surface area contributed by atoms with Crippen LogP contribution in [0.3, 0.4) is 0 Å². The third kappa shape index (κ3) is 3.02. The summed E-state index contributed by atoms with van der Waals surface area (Å²) in [5.74, 6) is 1.64. The van der Waals surface area contributed by atoms with E-state index in [0.717, 1.165) is 37.7 Å². The molecule has 2 aromatic rings. The van der Waals surface area contributed by atoms with Gasteiger partial charge in [0.15, 0.2) is 0 Å². The number of anilines is 3. The van der Waals surface area contributed by atoms with Crippen LogP contribution in [0.4, 0.5) is 17.2 Å². The molecule has 110 valence electrons. The van der Waals surface area contributed by atoms with Crippen LogP contribution >= 0.6 is 0 Å². The maximum atomic E-state index is 5.73. The van der Waals surface area contributed by atoms with Crippen molar-refractivity contribution in [2.75, 3.05) is 48.8 Å². The zero-order valence-electron chi connectivity index (χ0n) is 12.2. The van der Waals surface area contributed by atoms with Gasteiger partial charge < -0.3 is 20.3 Å². The molecule has 5 heteroatoms. The van der Waals surface area contributed by atoms with E-state index in [9.17, 15) is 0 Å². The predicted molar refractivity (Wildman–Crippen MR) is 86.1 cm³/mol. The zero-order chi connectivity index (χ0) is 14.7. The Balaban J connectivity index is 1.65. The number of nitrogens with zero attached hydrogens (tertiary/aromatic N) is 3. The molecule has 5 nitrogen and oxygen atoms in total. The standard InChI is InChI=1S/C16H20N4O/c1-21-16-4-2-3-15(18-16)20-11-9-19(10-12-20)14-7-5-13(17)6-8-14/h2-8H,9-12,17H2,1H3. The van der Waals surface area contributed by atoms with E-state index in [-0.39, 0.29) is 0 Å². The molecule has 1 aromatic heterocycles. The van der Waals surface area contributed by atoms with E-state index in [1.165, 1.54) is 5.69 Å². The molecule has 2 N–H and O–H groups in total. The number of piperazine rings is 1. The molecule has 1 aliphatic rings. The summed E-state index contributed by atoms with van der Waals surface area (Å²) < 4.78 is 5.19. The number of aromatic nitrogens is 1. The molecule has 1 fully saturated rings. The van der Waals surface area contributed by atoms with Crippen LogP contribution in [-0.4, -0.2) is 38.3 Å². The molecular weight excluding hydrogens is 264 g/mol. The molecule has 1 aliphatic heterocycles. The average Bonchev–Trinajstić information content (AvgIpc) is 2.56. The fourth-order valence-electron chi connectivity index (χ4n) is 2.57. The van der Waals surface area contributed by atoms with Gasteiger partial charge in [-0.3, -0.25) is 0 Å². The lowest BCUT2D eigenvalue weighted by Gasteiger charge is -2.36. The van der Waals surface area contributed by atoms with Gasteiger partial charge in [0.2, 0.25) is 5.88 Å². The molecule has 0 atom stereocenters. The van der Waals surface area contributed by atoms with Gasteiger partial charge in [-0.05, 0) is 30.3 Å². The Kier molecular flexibility index (Phi) is 3.81. The van der Waals surface area contributed by atoms with Gasteiger partial charge in [-0.1, -0.05) is 6.07 Å². The summed E-state index contributed by atoms with van der Waals surface area (Å²) in [6.07, 6.45) is 0. The van der Waals surface area contributed by atoms with Crippen LogP contribution in [0.25, 0.3) is 0 Å². The summed E-state index contributed by atoms with van der Waals surface area (Å²) in [6, 6.07) is 13.9. The summed E-state index contributed by atoms with van der Waals surface area (Å²) in [5, 5.41) is 0. The van der Waals surface area contributed by atoms with Gasteiger partial charge in [0.25, 0.3) is 0 Å². The minimum Gasteiger partial charge on any atom is -0.481 e.